The lowest BCUT2D eigenvalue weighted by molar-refractivity contribution is -0.136. The van der Waals surface area contributed by atoms with E-state index in [0.29, 0.717) is 24.2 Å². The highest BCUT2D eigenvalue weighted by Crippen LogP contribution is 2.33. The lowest BCUT2D eigenvalue weighted by Gasteiger charge is -2.29. The summed E-state index contributed by atoms with van der Waals surface area (Å²) < 4.78 is 0. The number of amides is 5. The van der Waals surface area contributed by atoms with Crippen molar-refractivity contribution >= 4 is 46.5 Å². The molecule has 1 aromatic carbocycles. The molecule has 2 aliphatic rings. The van der Waals surface area contributed by atoms with Gasteiger partial charge in [0, 0.05) is 41.1 Å². The maximum absolute atomic E-state index is 12.8. The molecule has 1 fully saturated rings. The number of hydrogen-bond acceptors (Lipinski definition) is 6. The van der Waals surface area contributed by atoms with Gasteiger partial charge in [0.2, 0.25) is 11.8 Å². The number of carbonyl (C=O) groups is 4. The molecule has 4 rings (SSSR count). The molecule has 1 saturated heterocycles. The maximum Gasteiger partial charge on any atom is 0.319 e. The standard InChI is InChI=1S/C22H25N5O4S/c1-3-23-16-8-13(5-4-12(16)2)25-22(31)24-9-18-14-10-27(21(30)15(14)11-32-18)17-6-7-19(28)26-20(17)29/h4-5,8,11,17,23H,3,6-7,9-10H2,1-2H3,(H2,24,25,31)(H,26,28,29). The minimum Gasteiger partial charge on any atom is -0.385 e. The minimum atomic E-state index is -0.644. The lowest BCUT2D eigenvalue weighted by Crippen LogP contribution is -2.52. The Morgan fingerprint density at radius 3 is 2.84 bits per heavy atom. The van der Waals surface area contributed by atoms with Crippen molar-refractivity contribution in [2.24, 2.45) is 0 Å². The summed E-state index contributed by atoms with van der Waals surface area (Å²) in [5.74, 6) is -0.955. The lowest BCUT2D eigenvalue weighted by atomic mass is 10.0. The Bertz CT molecular complexity index is 1100. The molecule has 168 valence electrons. The molecule has 0 bridgehead atoms. The minimum absolute atomic E-state index is 0.211. The Balaban J connectivity index is 1.38. The number of fused-ring (bicyclic) bond motifs is 1. The number of piperidine rings is 1. The monoisotopic (exact) mass is 455 g/mol. The fourth-order valence-electron chi connectivity index (χ4n) is 3.97. The van der Waals surface area contributed by atoms with E-state index in [4.69, 9.17) is 0 Å². The quantitative estimate of drug-likeness (QED) is 0.499. The van der Waals surface area contributed by atoms with Gasteiger partial charge >= 0.3 is 6.03 Å². The molecule has 0 saturated carbocycles. The Kier molecular flexibility index (Phi) is 6.13. The van der Waals surface area contributed by atoms with Crippen LogP contribution < -0.4 is 21.3 Å². The van der Waals surface area contributed by atoms with Crippen molar-refractivity contribution in [3.8, 4) is 0 Å². The first kappa shape index (κ1) is 21.8. The van der Waals surface area contributed by atoms with E-state index in [1.165, 1.54) is 16.2 Å². The van der Waals surface area contributed by atoms with Gasteiger partial charge in [-0.2, -0.15) is 0 Å². The van der Waals surface area contributed by atoms with Gasteiger partial charge in [0.15, 0.2) is 0 Å². The van der Waals surface area contributed by atoms with Crippen LogP contribution in [0.4, 0.5) is 16.2 Å². The summed E-state index contributed by atoms with van der Waals surface area (Å²) in [4.78, 5) is 51.2. The molecule has 1 atom stereocenters. The number of hydrogen-bond donors (Lipinski definition) is 4. The predicted molar refractivity (Wildman–Crippen MR) is 122 cm³/mol. The SMILES string of the molecule is CCNc1cc(NC(=O)NCc2scc3c2CN(C2CCC(=O)NC2=O)C3=O)ccc1C. The van der Waals surface area contributed by atoms with E-state index < -0.39 is 11.9 Å². The molecule has 10 heteroatoms. The van der Waals surface area contributed by atoms with Crippen LogP contribution in [0.1, 0.15) is 46.1 Å². The van der Waals surface area contributed by atoms with Crippen molar-refractivity contribution < 1.29 is 19.2 Å². The van der Waals surface area contributed by atoms with Gasteiger partial charge < -0.3 is 20.9 Å². The molecule has 32 heavy (non-hydrogen) atoms. The van der Waals surface area contributed by atoms with Gasteiger partial charge in [0.05, 0.1) is 12.1 Å². The molecule has 3 heterocycles. The van der Waals surface area contributed by atoms with Crippen LogP contribution in [-0.2, 0) is 22.7 Å². The van der Waals surface area contributed by atoms with Crippen LogP contribution in [-0.4, -0.2) is 41.2 Å². The summed E-state index contributed by atoms with van der Waals surface area (Å²) >= 11 is 1.41. The summed E-state index contributed by atoms with van der Waals surface area (Å²) in [6.07, 6.45) is 0.543. The number of carbonyl (C=O) groups excluding carboxylic acids is 4. The first-order valence-electron chi connectivity index (χ1n) is 10.5. The van der Waals surface area contributed by atoms with Crippen LogP contribution >= 0.6 is 11.3 Å². The van der Waals surface area contributed by atoms with Crippen LogP contribution in [0, 0.1) is 6.92 Å². The predicted octanol–water partition coefficient (Wildman–Crippen LogP) is 2.57. The molecule has 4 N–H and O–H groups in total. The second-order valence-electron chi connectivity index (χ2n) is 7.82. The van der Waals surface area contributed by atoms with Crippen LogP contribution in [0.3, 0.4) is 0 Å². The van der Waals surface area contributed by atoms with Gasteiger partial charge in [-0.05, 0) is 43.5 Å². The van der Waals surface area contributed by atoms with Gasteiger partial charge in [-0.15, -0.1) is 11.3 Å². The van der Waals surface area contributed by atoms with E-state index >= 15 is 0 Å². The smallest absolute Gasteiger partial charge is 0.319 e. The molecule has 2 aliphatic heterocycles. The fraction of sp³-hybridized carbons (Fsp3) is 0.364. The van der Waals surface area contributed by atoms with Crippen molar-refractivity contribution in [3.05, 3.63) is 45.1 Å². The number of nitrogens with zero attached hydrogens (tertiary/aromatic N) is 1. The molecular formula is C22H25N5O4S. The molecule has 0 spiro atoms. The summed E-state index contributed by atoms with van der Waals surface area (Å²) in [6, 6.07) is 4.68. The summed E-state index contributed by atoms with van der Waals surface area (Å²) in [5.41, 5.74) is 4.13. The third kappa shape index (κ3) is 4.31. The summed E-state index contributed by atoms with van der Waals surface area (Å²) in [5, 5.41) is 13.0. The highest BCUT2D eigenvalue weighted by molar-refractivity contribution is 7.10. The number of anilines is 2. The van der Waals surface area contributed by atoms with E-state index in [-0.39, 0.29) is 30.8 Å². The topological polar surface area (TPSA) is 120 Å². The highest BCUT2D eigenvalue weighted by atomic mass is 32.1. The summed E-state index contributed by atoms with van der Waals surface area (Å²) in [6.45, 7) is 5.37. The molecule has 2 aromatic rings. The molecule has 1 unspecified atom stereocenters. The van der Waals surface area contributed by atoms with E-state index in [9.17, 15) is 19.2 Å². The second-order valence-corrected chi connectivity index (χ2v) is 8.78. The Morgan fingerprint density at radius 1 is 1.28 bits per heavy atom. The summed E-state index contributed by atoms with van der Waals surface area (Å²) in [7, 11) is 0. The molecule has 0 aliphatic carbocycles. The fourth-order valence-corrected chi connectivity index (χ4v) is 4.94. The zero-order valence-corrected chi connectivity index (χ0v) is 18.7. The first-order chi connectivity index (χ1) is 15.4. The van der Waals surface area contributed by atoms with Crippen LogP contribution in [0.15, 0.2) is 23.6 Å². The number of urea groups is 1. The van der Waals surface area contributed by atoms with Crippen molar-refractivity contribution in [2.75, 3.05) is 17.2 Å². The normalized spacial score (nSPS) is 17.8. The third-order valence-electron chi connectivity index (χ3n) is 5.66. The van der Waals surface area contributed by atoms with Gasteiger partial charge in [-0.1, -0.05) is 6.07 Å². The molecule has 1 aromatic heterocycles. The highest BCUT2D eigenvalue weighted by Gasteiger charge is 2.40. The van der Waals surface area contributed by atoms with Gasteiger partial charge in [0.1, 0.15) is 6.04 Å². The molecular weight excluding hydrogens is 430 g/mol. The van der Waals surface area contributed by atoms with E-state index in [0.717, 1.165) is 28.2 Å². The van der Waals surface area contributed by atoms with Crippen LogP contribution in [0.2, 0.25) is 0 Å². The van der Waals surface area contributed by atoms with Gasteiger partial charge in [-0.3, -0.25) is 19.7 Å². The number of nitrogens with one attached hydrogen (secondary N) is 4. The average molecular weight is 456 g/mol. The number of aryl methyl sites for hydroxylation is 1. The molecule has 9 nitrogen and oxygen atoms in total. The van der Waals surface area contributed by atoms with Crippen molar-refractivity contribution in [3.63, 3.8) is 0 Å². The third-order valence-corrected chi connectivity index (χ3v) is 6.69. The first-order valence-corrected chi connectivity index (χ1v) is 11.4. The van der Waals surface area contributed by atoms with E-state index in [1.807, 2.05) is 32.0 Å². The van der Waals surface area contributed by atoms with Crippen molar-refractivity contribution in [2.45, 2.75) is 45.8 Å². The average Bonchev–Trinajstić information content (AvgIpc) is 3.29. The van der Waals surface area contributed by atoms with Crippen LogP contribution in [0.5, 0.6) is 0 Å². The van der Waals surface area contributed by atoms with Gasteiger partial charge in [-0.25, -0.2) is 4.79 Å². The van der Waals surface area contributed by atoms with Crippen molar-refractivity contribution in [1.29, 1.82) is 0 Å². The molecule has 0 radical (unpaired) electrons. The number of thiophene rings is 1. The Morgan fingerprint density at radius 2 is 2.09 bits per heavy atom. The van der Waals surface area contributed by atoms with E-state index in [1.54, 1.807) is 5.38 Å². The number of benzene rings is 1. The van der Waals surface area contributed by atoms with E-state index in [2.05, 4.69) is 21.3 Å². The zero-order valence-electron chi connectivity index (χ0n) is 17.9. The largest absolute Gasteiger partial charge is 0.385 e. The number of imide groups is 1. The molecule has 5 amide bonds. The zero-order chi connectivity index (χ0) is 22.8. The van der Waals surface area contributed by atoms with Gasteiger partial charge in [0.25, 0.3) is 5.91 Å². The Labute approximate surface area is 189 Å². The van der Waals surface area contributed by atoms with Crippen molar-refractivity contribution in [1.82, 2.24) is 15.5 Å². The second kappa shape index (κ2) is 8.99. The Hall–Kier alpha value is -3.40. The number of rotatable bonds is 6. The van der Waals surface area contributed by atoms with Crippen LogP contribution in [0.25, 0.3) is 0 Å². The maximum atomic E-state index is 12.8.